The Balaban J connectivity index is 2.66. The minimum atomic E-state index is 1.10. The highest BCUT2D eigenvalue weighted by Gasteiger charge is 1.64. The summed E-state index contributed by atoms with van der Waals surface area (Å²) in [5, 5.41) is 0. The van der Waals surface area contributed by atoms with Gasteiger partial charge in [0.05, 0.1) is 6.26 Å². The van der Waals surface area contributed by atoms with Gasteiger partial charge in [0, 0.05) is 0 Å². The van der Waals surface area contributed by atoms with E-state index < -0.39 is 0 Å². The van der Waals surface area contributed by atoms with Gasteiger partial charge in [-0.05, 0) is 6.92 Å². The van der Waals surface area contributed by atoms with Gasteiger partial charge in [-0.25, -0.2) is 0 Å². The Labute approximate surface area is 42.6 Å². The van der Waals surface area contributed by atoms with Gasteiger partial charge in [0.1, 0.15) is 0 Å². The van der Waals surface area contributed by atoms with Gasteiger partial charge in [-0.15, -0.1) is 0 Å². The maximum absolute atomic E-state index is 4.98. The van der Waals surface area contributed by atoms with Gasteiger partial charge in [0.2, 0.25) is 6.07 Å². The van der Waals surface area contributed by atoms with E-state index in [9.17, 15) is 0 Å². The van der Waals surface area contributed by atoms with Crippen molar-refractivity contribution in [3.05, 3.63) is 18.4 Å². The largest absolute Gasteiger partial charge is 0.477 e. The Morgan fingerprint density at radius 1 is 1.67 bits per heavy atom. The number of hydrogen-bond acceptors (Lipinski definition) is 1. The van der Waals surface area contributed by atoms with Gasteiger partial charge < -0.3 is 4.74 Å². The van der Waals surface area contributed by atoms with Crippen molar-refractivity contribution in [2.45, 2.75) is 6.92 Å². The zero-order valence-corrected chi connectivity index (χ0v) is 4.27. The molecule has 0 aromatic rings. The molecule has 1 radical (unpaired) electrons. The molecule has 0 aromatic heterocycles. The molecule has 0 saturated carbocycles. The van der Waals surface area contributed by atoms with Crippen LogP contribution in [0, 0.1) is 6.07 Å². The number of halogens is 1. The first kappa shape index (κ1) is 5.83. The van der Waals surface area contributed by atoms with Crippen molar-refractivity contribution in [3.8, 4) is 0 Å². The summed E-state index contributed by atoms with van der Waals surface area (Å²) in [6.07, 6.45) is 3.24. The first-order valence-corrected chi connectivity index (χ1v) is 2.04. The molecule has 0 aromatic carbocycles. The van der Waals surface area contributed by atoms with E-state index in [4.69, 9.17) is 11.6 Å². The van der Waals surface area contributed by atoms with Crippen molar-refractivity contribution in [2.24, 2.45) is 0 Å². The summed E-state index contributed by atoms with van der Waals surface area (Å²) in [5.41, 5.74) is 0. The summed E-state index contributed by atoms with van der Waals surface area (Å²) in [5.74, 6) is 0. The summed E-state index contributed by atoms with van der Waals surface area (Å²) < 4.78 is 4.44. The number of allylic oxidation sites excluding steroid dienone is 1. The first-order chi connectivity index (χ1) is 2.91. The minimum Gasteiger partial charge on any atom is -0.477 e. The molecule has 0 saturated heterocycles. The third-order valence-electron chi connectivity index (χ3n) is 0.266. The van der Waals surface area contributed by atoms with Crippen LogP contribution in [0.5, 0.6) is 0 Å². The molecule has 0 fully saturated rings. The highest BCUT2D eigenvalue weighted by molar-refractivity contribution is 6.22. The SMILES string of the molecule is C/C=C\O[CH]Cl. The standard InChI is InChI=1S/C4H6ClO/c1-2-3-6-4-5/h2-4H,1H3/b3-2-. The topological polar surface area (TPSA) is 9.23 Å². The van der Waals surface area contributed by atoms with Crippen LogP contribution in [0.2, 0.25) is 0 Å². The summed E-state index contributed by atoms with van der Waals surface area (Å²) in [6.45, 7) is 1.85. The van der Waals surface area contributed by atoms with Gasteiger partial charge in [0.15, 0.2) is 0 Å². The van der Waals surface area contributed by atoms with Crippen LogP contribution in [0.25, 0.3) is 0 Å². The minimum absolute atomic E-state index is 1.10. The second-order valence-electron chi connectivity index (χ2n) is 0.695. The highest BCUT2D eigenvalue weighted by Crippen LogP contribution is 1.85. The van der Waals surface area contributed by atoms with Crippen molar-refractivity contribution in [2.75, 3.05) is 0 Å². The maximum atomic E-state index is 4.98. The quantitative estimate of drug-likeness (QED) is 0.488. The Morgan fingerprint density at radius 3 is 2.50 bits per heavy atom. The van der Waals surface area contributed by atoms with Crippen LogP contribution >= 0.6 is 11.6 Å². The normalized spacial score (nSPS) is 9.67. The zero-order valence-electron chi connectivity index (χ0n) is 3.52. The molecule has 0 rings (SSSR count). The molecule has 0 spiro atoms. The Bertz CT molecular complexity index is 42.8. The van der Waals surface area contributed by atoms with Crippen molar-refractivity contribution >= 4 is 11.6 Å². The smallest absolute Gasteiger partial charge is 0.221 e. The molecule has 0 aliphatic rings. The van der Waals surface area contributed by atoms with Crippen LogP contribution in [0.3, 0.4) is 0 Å². The van der Waals surface area contributed by atoms with Crippen LogP contribution in [0.1, 0.15) is 6.92 Å². The van der Waals surface area contributed by atoms with E-state index >= 15 is 0 Å². The average Bonchev–Trinajstić information content (AvgIpc) is 1.61. The average molecular weight is 106 g/mol. The number of ether oxygens (including phenoxy) is 1. The second-order valence-corrected chi connectivity index (χ2v) is 0.873. The molecule has 6 heavy (non-hydrogen) atoms. The van der Waals surface area contributed by atoms with E-state index in [1.54, 1.807) is 6.08 Å². The van der Waals surface area contributed by atoms with Crippen molar-refractivity contribution in [3.63, 3.8) is 0 Å². The van der Waals surface area contributed by atoms with E-state index in [1.807, 2.05) is 6.92 Å². The predicted molar refractivity (Wildman–Crippen MR) is 26.1 cm³/mol. The fourth-order valence-electron chi connectivity index (χ4n) is 0.108. The van der Waals surface area contributed by atoms with E-state index in [1.165, 1.54) is 6.26 Å². The highest BCUT2D eigenvalue weighted by atomic mass is 35.5. The first-order valence-electron chi connectivity index (χ1n) is 1.60. The summed E-state index contributed by atoms with van der Waals surface area (Å²) in [6, 6.07) is 1.10. The molecule has 0 amide bonds. The number of hydrogen-bond donors (Lipinski definition) is 0. The van der Waals surface area contributed by atoms with E-state index in [2.05, 4.69) is 4.74 Å². The molecule has 0 bridgehead atoms. The zero-order chi connectivity index (χ0) is 4.83. The lowest BCUT2D eigenvalue weighted by molar-refractivity contribution is 0.374. The molecule has 1 nitrogen and oxygen atoms in total. The fraction of sp³-hybridized carbons (Fsp3) is 0.250. The predicted octanol–water partition coefficient (Wildman–Crippen LogP) is 1.89. The van der Waals surface area contributed by atoms with Gasteiger partial charge in [-0.1, -0.05) is 17.7 Å². The molecular formula is C4H6ClO. The lowest BCUT2D eigenvalue weighted by atomic mass is 10.7. The van der Waals surface area contributed by atoms with Gasteiger partial charge >= 0.3 is 0 Å². The van der Waals surface area contributed by atoms with E-state index in [0.717, 1.165) is 6.07 Å². The van der Waals surface area contributed by atoms with Gasteiger partial charge in [0.25, 0.3) is 0 Å². The third kappa shape index (κ3) is 3.83. The van der Waals surface area contributed by atoms with Crippen LogP contribution in [0.15, 0.2) is 12.3 Å². The van der Waals surface area contributed by atoms with Gasteiger partial charge in [-0.2, -0.15) is 0 Å². The molecule has 0 aliphatic carbocycles. The number of rotatable bonds is 2. The van der Waals surface area contributed by atoms with Crippen molar-refractivity contribution < 1.29 is 4.74 Å². The monoisotopic (exact) mass is 105 g/mol. The molecule has 0 atom stereocenters. The molecule has 0 unspecified atom stereocenters. The molecule has 2 heteroatoms. The van der Waals surface area contributed by atoms with Crippen LogP contribution in [-0.4, -0.2) is 0 Å². The fourth-order valence-corrected chi connectivity index (χ4v) is 0.168. The Kier molecular flexibility index (Phi) is 4.69. The van der Waals surface area contributed by atoms with E-state index in [0.29, 0.717) is 0 Å². The third-order valence-corrected chi connectivity index (χ3v) is 0.369. The van der Waals surface area contributed by atoms with Crippen molar-refractivity contribution in [1.29, 1.82) is 0 Å². The lowest BCUT2D eigenvalue weighted by Gasteiger charge is -1.82. The second kappa shape index (κ2) is 4.83. The maximum Gasteiger partial charge on any atom is 0.221 e. The molecule has 0 aliphatic heterocycles. The lowest BCUT2D eigenvalue weighted by Crippen LogP contribution is -1.61. The summed E-state index contributed by atoms with van der Waals surface area (Å²) in [7, 11) is 0. The van der Waals surface area contributed by atoms with Gasteiger partial charge in [-0.3, -0.25) is 0 Å². The molecular weight excluding hydrogens is 99.5 g/mol. The molecule has 35 valence electrons. The molecule has 0 N–H and O–H groups in total. The van der Waals surface area contributed by atoms with Crippen LogP contribution in [0.4, 0.5) is 0 Å². The van der Waals surface area contributed by atoms with E-state index in [-0.39, 0.29) is 0 Å². The van der Waals surface area contributed by atoms with Crippen LogP contribution in [-0.2, 0) is 4.74 Å². The van der Waals surface area contributed by atoms with Crippen LogP contribution < -0.4 is 0 Å². The summed E-state index contributed by atoms with van der Waals surface area (Å²) >= 11 is 4.98. The molecule has 0 heterocycles. The Hall–Kier alpha value is -0.170. The summed E-state index contributed by atoms with van der Waals surface area (Å²) in [4.78, 5) is 0. The van der Waals surface area contributed by atoms with Crippen molar-refractivity contribution in [1.82, 2.24) is 0 Å². The Morgan fingerprint density at radius 2 is 2.33 bits per heavy atom.